The molecule has 188 valence electrons. The molecular weight excluding hydrogens is 494 g/mol. The zero-order valence-electron chi connectivity index (χ0n) is 18.3. The number of nitrogens with zero attached hydrogens (tertiary/aromatic N) is 1. The van der Waals surface area contributed by atoms with Crippen LogP contribution in [0.4, 0.5) is 17.7 Å². The van der Waals surface area contributed by atoms with Crippen LogP contribution in [0, 0.1) is 0 Å². The number of carboxylic acid groups (broad SMARTS) is 1. The molecule has 7 nitrogen and oxygen atoms in total. The highest BCUT2D eigenvalue weighted by molar-refractivity contribution is 7.96. The van der Waals surface area contributed by atoms with E-state index >= 15 is 0 Å². The third-order valence-corrected chi connectivity index (χ3v) is 6.21. The van der Waals surface area contributed by atoms with Crippen molar-refractivity contribution in [2.45, 2.75) is 24.9 Å². The Morgan fingerprint density at radius 2 is 1.86 bits per heavy atom. The van der Waals surface area contributed by atoms with Crippen LogP contribution in [-0.4, -0.2) is 48.7 Å². The van der Waals surface area contributed by atoms with Crippen molar-refractivity contribution in [1.29, 1.82) is 0 Å². The second-order valence-electron chi connectivity index (χ2n) is 7.09. The molecule has 2 aromatic carbocycles. The molecule has 0 bridgehead atoms. The van der Waals surface area contributed by atoms with Gasteiger partial charge in [0.1, 0.15) is 5.75 Å². The van der Waals surface area contributed by atoms with Crippen LogP contribution >= 0.6 is 0 Å². The molecule has 1 amide bonds. The molecule has 0 aliphatic carbocycles. The van der Waals surface area contributed by atoms with Gasteiger partial charge in [0.15, 0.2) is 6.04 Å². The van der Waals surface area contributed by atoms with Crippen molar-refractivity contribution in [2.75, 3.05) is 6.61 Å². The lowest BCUT2D eigenvalue weighted by Crippen LogP contribution is -2.37. The summed E-state index contributed by atoms with van der Waals surface area (Å²) < 4.78 is 81.7. The summed E-state index contributed by atoms with van der Waals surface area (Å²) in [6.07, 6.45) is 3.39. The summed E-state index contributed by atoms with van der Waals surface area (Å²) in [5.74, 6) is -2.89. The zero-order valence-corrected chi connectivity index (χ0v) is 19.1. The van der Waals surface area contributed by atoms with E-state index in [1.807, 2.05) is 0 Å². The summed E-state index contributed by atoms with van der Waals surface area (Å²) in [5.41, 5.74) is -5.76. The number of allylic oxidation sites excluding steroid dienone is 3. The van der Waals surface area contributed by atoms with E-state index in [0.717, 1.165) is 25.2 Å². The monoisotopic (exact) mass is 515 g/mol. The van der Waals surface area contributed by atoms with Gasteiger partial charge in [0.05, 0.1) is 17.1 Å². The minimum Gasteiger partial charge on any atom is -0.492 e. The third-order valence-electron chi connectivity index (χ3n) is 4.71. The van der Waals surface area contributed by atoms with Crippen molar-refractivity contribution in [3.8, 4) is 5.75 Å². The summed E-state index contributed by atoms with van der Waals surface area (Å²) in [5, 5.41) is 9.56. The Morgan fingerprint density at radius 3 is 2.46 bits per heavy atom. The van der Waals surface area contributed by atoms with Gasteiger partial charge >= 0.3 is 11.5 Å². The first-order valence-corrected chi connectivity index (χ1v) is 11.5. The first-order chi connectivity index (χ1) is 16.3. The molecule has 0 heterocycles. The molecule has 0 aliphatic rings. The fraction of sp³-hybridized carbons (Fsp3) is 0.217. The van der Waals surface area contributed by atoms with Crippen molar-refractivity contribution in [1.82, 2.24) is 5.12 Å². The van der Waals surface area contributed by atoms with Gasteiger partial charge in [-0.3, -0.25) is 4.79 Å². The molecule has 1 atom stereocenters. The van der Waals surface area contributed by atoms with Crippen LogP contribution in [0.3, 0.4) is 0 Å². The summed E-state index contributed by atoms with van der Waals surface area (Å²) >= 11 is 0. The van der Waals surface area contributed by atoms with Gasteiger partial charge in [0.2, 0.25) is 0 Å². The van der Waals surface area contributed by atoms with E-state index in [4.69, 9.17) is 9.84 Å². The van der Waals surface area contributed by atoms with Crippen LogP contribution in [0.2, 0.25) is 0 Å². The van der Waals surface area contributed by atoms with E-state index in [1.54, 1.807) is 24.3 Å². The maximum absolute atomic E-state index is 14.4. The van der Waals surface area contributed by atoms with Crippen LogP contribution in [0.25, 0.3) is 10.8 Å². The summed E-state index contributed by atoms with van der Waals surface area (Å²) in [4.78, 5) is 22.7. The third kappa shape index (κ3) is 6.27. The molecular formula is C23H21F4NO6S. The Kier molecular flexibility index (Phi) is 8.80. The topological polar surface area (TPSA) is 101 Å². The van der Waals surface area contributed by atoms with Crippen molar-refractivity contribution in [3.63, 3.8) is 0 Å². The highest BCUT2D eigenvalue weighted by atomic mass is 32.2. The smallest absolute Gasteiger partial charge is 0.492 e. The number of alkyl halides is 3. The number of hydrogen-bond acceptors (Lipinski definition) is 5. The highest BCUT2D eigenvalue weighted by Gasteiger charge is 2.47. The Bertz CT molecular complexity index is 1280. The van der Waals surface area contributed by atoms with E-state index < -0.39 is 43.3 Å². The SMILES string of the molecule is C=C/C=C(\C=C/CCOc1c(C(=O)N(F)C(C)C(=O)O)ccc2ccccc12)S(=O)(=O)C(F)(F)F. The molecule has 2 aromatic rings. The molecule has 0 radical (unpaired) electrons. The van der Waals surface area contributed by atoms with E-state index in [-0.39, 0.29) is 24.3 Å². The van der Waals surface area contributed by atoms with E-state index in [9.17, 15) is 35.7 Å². The van der Waals surface area contributed by atoms with Crippen LogP contribution in [0.15, 0.2) is 72.2 Å². The number of sulfone groups is 1. The molecule has 2 rings (SSSR count). The van der Waals surface area contributed by atoms with Crippen molar-refractivity contribution in [3.05, 3.63) is 77.7 Å². The summed E-state index contributed by atoms with van der Waals surface area (Å²) in [6.45, 7) is 3.96. The number of aliphatic carboxylic acids is 1. The lowest BCUT2D eigenvalue weighted by molar-refractivity contribution is -0.146. The van der Waals surface area contributed by atoms with Gasteiger partial charge in [-0.2, -0.15) is 18.3 Å². The van der Waals surface area contributed by atoms with Crippen molar-refractivity contribution >= 4 is 32.5 Å². The van der Waals surface area contributed by atoms with Gasteiger partial charge < -0.3 is 9.84 Å². The number of carboxylic acids is 1. The zero-order chi connectivity index (χ0) is 26.4. The van der Waals surface area contributed by atoms with Gasteiger partial charge in [-0.25, -0.2) is 13.2 Å². The van der Waals surface area contributed by atoms with E-state index in [0.29, 0.717) is 16.8 Å². The van der Waals surface area contributed by atoms with Crippen LogP contribution in [0.5, 0.6) is 5.75 Å². The van der Waals surface area contributed by atoms with Crippen LogP contribution in [-0.2, 0) is 14.6 Å². The number of carbonyl (C=O) groups is 2. The normalized spacial score (nSPS) is 13.6. The average molecular weight is 515 g/mol. The van der Waals surface area contributed by atoms with Gasteiger partial charge in [0.25, 0.3) is 15.7 Å². The molecule has 1 unspecified atom stereocenters. The molecule has 0 saturated heterocycles. The molecule has 35 heavy (non-hydrogen) atoms. The fourth-order valence-corrected chi connectivity index (χ4v) is 3.69. The van der Waals surface area contributed by atoms with Crippen LogP contribution < -0.4 is 4.74 Å². The average Bonchev–Trinajstić information content (AvgIpc) is 2.80. The molecule has 12 heteroatoms. The molecule has 0 aromatic heterocycles. The second kappa shape index (κ2) is 11.2. The Labute approximate surface area is 198 Å². The molecule has 0 saturated carbocycles. The number of halogens is 4. The molecule has 0 spiro atoms. The van der Waals surface area contributed by atoms with Crippen molar-refractivity contribution < 1.29 is 45.5 Å². The number of fused-ring (bicyclic) bond motifs is 1. The second-order valence-corrected chi connectivity index (χ2v) is 9.03. The number of amides is 1. The Balaban J connectivity index is 2.30. The number of rotatable bonds is 10. The van der Waals surface area contributed by atoms with Gasteiger partial charge in [-0.05, 0) is 36.9 Å². The maximum Gasteiger partial charge on any atom is 0.501 e. The Morgan fingerprint density at radius 1 is 1.20 bits per heavy atom. The lowest BCUT2D eigenvalue weighted by atomic mass is 10.0. The lowest BCUT2D eigenvalue weighted by Gasteiger charge is -2.19. The molecule has 1 N–H and O–H groups in total. The van der Waals surface area contributed by atoms with E-state index in [1.165, 1.54) is 12.1 Å². The van der Waals surface area contributed by atoms with Crippen LogP contribution in [0.1, 0.15) is 23.7 Å². The maximum atomic E-state index is 14.4. The predicted octanol–water partition coefficient (Wildman–Crippen LogP) is 4.97. The quantitative estimate of drug-likeness (QED) is 0.208. The summed E-state index contributed by atoms with van der Waals surface area (Å²) in [6, 6.07) is 7.62. The van der Waals surface area contributed by atoms with Crippen molar-refractivity contribution in [2.24, 2.45) is 0 Å². The number of hydrogen-bond donors (Lipinski definition) is 1. The number of carbonyl (C=O) groups excluding carboxylic acids is 1. The predicted molar refractivity (Wildman–Crippen MR) is 121 cm³/mol. The highest BCUT2D eigenvalue weighted by Crippen LogP contribution is 2.32. The minimum absolute atomic E-state index is 0.0634. The largest absolute Gasteiger partial charge is 0.501 e. The minimum atomic E-state index is -5.59. The summed E-state index contributed by atoms with van der Waals surface area (Å²) in [7, 11) is -5.59. The van der Waals surface area contributed by atoms with Gasteiger partial charge in [-0.1, -0.05) is 53.5 Å². The fourth-order valence-electron chi connectivity index (χ4n) is 2.87. The Hall–Kier alpha value is -3.67. The van der Waals surface area contributed by atoms with Gasteiger partial charge in [-0.15, -0.1) is 0 Å². The standard InChI is InChI=1S/C23H21F4NO6S/c1-3-8-17(35(32,33)23(24,25)26)10-6-7-14-34-20-18-11-5-4-9-16(18)12-13-19(20)21(29)28(27)15(2)22(30)31/h3-6,8-13,15H,1,7,14H2,2H3,(H,30,31)/b10-6-,17-8+. The van der Waals surface area contributed by atoms with Gasteiger partial charge in [0, 0.05) is 5.39 Å². The number of benzene rings is 2. The van der Waals surface area contributed by atoms with E-state index in [2.05, 4.69) is 6.58 Å². The molecule has 0 aliphatic heterocycles. The first-order valence-electron chi connectivity index (χ1n) is 10.00. The first kappa shape index (κ1) is 27.6. The number of ether oxygens (including phenoxy) is 1. The molecule has 0 fully saturated rings.